The fourth-order valence-corrected chi connectivity index (χ4v) is 0.593. The SMILES string of the molecule is Nc1nnc(CC(=O)O)n1N. The number of aromatic nitrogens is 3. The highest BCUT2D eigenvalue weighted by Gasteiger charge is 2.09. The van der Waals surface area contributed by atoms with Crippen LogP contribution in [0.25, 0.3) is 0 Å². The average molecular weight is 157 g/mol. The van der Waals surface area contributed by atoms with Crippen LogP contribution in [-0.4, -0.2) is 25.9 Å². The Morgan fingerprint density at radius 1 is 1.64 bits per heavy atom. The topological polar surface area (TPSA) is 120 Å². The van der Waals surface area contributed by atoms with E-state index in [1.807, 2.05) is 0 Å². The van der Waals surface area contributed by atoms with Gasteiger partial charge in [-0.25, -0.2) is 4.68 Å². The molecule has 11 heavy (non-hydrogen) atoms. The van der Waals surface area contributed by atoms with E-state index in [2.05, 4.69) is 10.2 Å². The van der Waals surface area contributed by atoms with Gasteiger partial charge in [0.1, 0.15) is 6.42 Å². The molecule has 0 amide bonds. The van der Waals surface area contributed by atoms with Crippen LogP contribution in [0.1, 0.15) is 5.82 Å². The van der Waals surface area contributed by atoms with Crippen molar-refractivity contribution in [1.82, 2.24) is 14.9 Å². The molecule has 0 spiro atoms. The number of hydrogen-bond donors (Lipinski definition) is 3. The Labute approximate surface area is 61.6 Å². The molecule has 0 aromatic carbocycles. The molecule has 60 valence electrons. The zero-order chi connectivity index (χ0) is 8.43. The first-order valence-corrected chi connectivity index (χ1v) is 2.78. The number of aliphatic carboxylic acids is 1. The maximum Gasteiger partial charge on any atom is 0.311 e. The summed E-state index contributed by atoms with van der Waals surface area (Å²) in [5.41, 5.74) is 5.19. The van der Waals surface area contributed by atoms with Crippen LogP contribution >= 0.6 is 0 Å². The highest BCUT2D eigenvalue weighted by molar-refractivity contribution is 5.69. The van der Waals surface area contributed by atoms with Crippen molar-refractivity contribution in [3.63, 3.8) is 0 Å². The van der Waals surface area contributed by atoms with Crippen molar-refractivity contribution in [1.29, 1.82) is 0 Å². The van der Waals surface area contributed by atoms with Crippen LogP contribution in [0.5, 0.6) is 0 Å². The summed E-state index contributed by atoms with van der Waals surface area (Å²) in [4.78, 5) is 10.2. The van der Waals surface area contributed by atoms with Crippen LogP contribution in [-0.2, 0) is 11.2 Å². The summed E-state index contributed by atoms with van der Waals surface area (Å²) in [6.45, 7) is 0. The number of nitrogens with two attached hydrogens (primary N) is 2. The number of carbonyl (C=O) groups is 1. The second-order valence-corrected chi connectivity index (χ2v) is 1.91. The van der Waals surface area contributed by atoms with E-state index < -0.39 is 5.97 Å². The Bertz CT molecular complexity index is 280. The third-order valence-electron chi connectivity index (χ3n) is 1.10. The number of rotatable bonds is 2. The number of nitrogen functional groups attached to an aromatic ring is 2. The zero-order valence-electron chi connectivity index (χ0n) is 5.56. The summed E-state index contributed by atoms with van der Waals surface area (Å²) >= 11 is 0. The fraction of sp³-hybridized carbons (Fsp3) is 0.250. The minimum absolute atomic E-state index is 0.00116. The van der Waals surface area contributed by atoms with E-state index in [0.717, 1.165) is 4.68 Å². The molecule has 0 radical (unpaired) electrons. The second-order valence-electron chi connectivity index (χ2n) is 1.91. The smallest absolute Gasteiger partial charge is 0.311 e. The molecule has 0 aliphatic carbocycles. The molecular formula is C4H7N5O2. The molecule has 0 fully saturated rings. The lowest BCUT2D eigenvalue weighted by molar-refractivity contribution is -0.136. The molecule has 1 aromatic heterocycles. The second kappa shape index (κ2) is 2.45. The first kappa shape index (κ1) is 7.32. The van der Waals surface area contributed by atoms with Crippen LogP contribution in [0, 0.1) is 0 Å². The molecule has 0 aliphatic rings. The van der Waals surface area contributed by atoms with Gasteiger partial charge in [-0.15, -0.1) is 10.2 Å². The maximum absolute atomic E-state index is 10.2. The Morgan fingerprint density at radius 3 is 2.64 bits per heavy atom. The molecule has 0 bridgehead atoms. The van der Waals surface area contributed by atoms with Gasteiger partial charge in [0.05, 0.1) is 0 Å². The standard InChI is InChI=1S/C4H7N5O2/c5-4-8-7-2(9(4)6)1-3(10)11/h1,6H2,(H2,5,8)(H,10,11). The molecule has 0 atom stereocenters. The van der Waals surface area contributed by atoms with Crippen molar-refractivity contribution in [2.75, 3.05) is 11.6 Å². The van der Waals surface area contributed by atoms with E-state index in [0.29, 0.717) is 0 Å². The van der Waals surface area contributed by atoms with E-state index in [1.165, 1.54) is 0 Å². The molecule has 7 nitrogen and oxygen atoms in total. The maximum atomic E-state index is 10.2. The van der Waals surface area contributed by atoms with E-state index in [9.17, 15) is 4.79 Å². The molecule has 5 N–H and O–H groups in total. The van der Waals surface area contributed by atoms with Crippen molar-refractivity contribution in [3.05, 3.63) is 5.82 Å². The largest absolute Gasteiger partial charge is 0.481 e. The summed E-state index contributed by atoms with van der Waals surface area (Å²) in [5.74, 6) is 4.37. The van der Waals surface area contributed by atoms with Crippen molar-refractivity contribution in [2.24, 2.45) is 0 Å². The molecule has 1 rings (SSSR count). The Balaban J connectivity index is 2.87. The van der Waals surface area contributed by atoms with E-state index >= 15 is 0 Å². The molecular weight excluding hydrogens is 150 g/mol. The van der Waals surface area contributed by atoms with Gasteiger partial charge in [0, 0.05) is 0 Å². The van der Waals surface area contributed by atoms with Gasteiger partial charge in [-0.2, -0.15) is 0 Å². The van der Waals surface area contributed by atoms with Gasteiger partial charge in [0.15, 0.2) is 5.82 Å². The van der Waals surface area contributed by atoms with Crippen LogP contribution in [0.15, 0.2) is 0 Å². The van der Waals surface area contributed by atoms with E-state index in [-0.39, 0.29) is 18.2 Å². The number of anilines is 1. The molecule has 0 aliphatic heterocycles. The van der Waals surface area contributed by atoms with Crippen molar-refractivity contribution < 1.29 is 9.90 Å². The molecule has 0 saturated heterocycles. The Kier molecular flexibility index (Phi) is 1.63. The van der Waals surface area contributed by atoms with Gasteiger partial charge in [0.25, 0.3) is 0 Å². The lowest BCUT2D eigenvalue weighted by Gasteiger charge is -1.95. The lowest BCUT2D eigenvalue weighted by atomic mass is 10.4. The summed E-state index contributed by atoms with van der Waals surface area (Å²) in [7, 11) is 0. The molecule has 7 heteroatoms. The highest BCUT2D eigenvalue weighted by Crippen LogP contribution is 1.97. The van der Waals surface area contributed by atoms with Crippen molar-refractivity contribution in [2.45, 2.75) is 6.42 Å². The van der Waals surface area contributed by atoms with Crippen LogP contribution in [0.2, 0.25) is 0 Å². The number of hydrogen-bond acceptors (Lipinski definition) is 5. The predicted molar refractivity (Wildman–Crippen MR) is 35.9 cm³/mol. The van der Waals surface area contributed by atoms with Gasteiger partial charge in [-0.05, 0) is 0 Å². The number of carboxylic acid groups (broad SMARTS) is 1. The van der Waals surface area contributed by atoms with E-state index in [4.69, 9.17) is 16.7 Å². The van der Waals surface area contributed by atoms with Crippen molar-refractivity contribution >= 4 is 11.9 Å². The predicted octanol–water partition coefficient (Wildman–Crippen LogP) is -1.80. The minimum atomic E-state index is -1.02. The normalized spacial score (nSPS) is 9.82. The first-order chi connectivity index (χ1) is 5.11. The third-order valence-corrected chi connectivity index (χ3v) is 1.10. The van der Waals surface area contributed by atoms with Crippen LogP contribution in [0.3, 0.4) is 0 Å². The van der Waals surface area contributed by atoms with Gasteiger partial charge in [-0.3, -0.25) is 4.79 Å². The van der Waals surface area contributed by atoms with Gasteiger partial charge in [0.2, 0.25) is 5.95 Å². The Morgan fingerprint density at radius 2 is 2.27 bits per heavy atom. The summed E-state index contributed by atoms with van der Waals surface area (Å²) in [6, 6.07) is 0. The Hall–Kier alpha value is -1.79. The van der Waals surface area contributed by atoms with Gasteiger partial charge < -0.3 is 16.7 Å². The molecule has 1 heterocycles. The number of carboxylic acids is 1. The zero-order valence-corrected chi connectivity index (χ0v) is 5.56. The molecule has 1 aromatic rings. The number of nitrogens with zero attached hydrogens (tertiary/aromatic N) is 3. The average Bonchev–Trinajstić information content (AvgIpc) is 2.18. The quantitative estimate of drug-likeness (QED) is 0.435. The van der Waals surface area contributed by atoms with Gasteiger partial charge >= 0.3 is 5.97 Å². The van der Waals surface area contributed by atoms with Crippen LogP contribution < -0.4 is 11.6 Å². The fourth-order valence-electron chi connectivity index (χ4n) is 0.593. The minimum Gasteiger partial charge on any atom is -0.481 e. The summed E-state index contributed by atoms with van der Waals surface area (Å²) in [5, 5.41) is 15.1. The lowest BCUT2D eigenvalue weighted by Crippen LogP contribution is -2.17. The van der Waals surface area contributed by atoms with Crippen LogP contribution in [0.4, 0.5) is 5.95 Å². The molecule has 0 saturated carbocycles. The van der Waals surface area contributed by atoms with Crippen molar-refractivity contribution in [3.8, 4) is 0 Å². The highest BCUT2D eigenvalue weighted by atomic mass is 16.4. The first-order valence-electron chi connectivity index (χ1n) is 2.78. The van der Waals surface area contributed by atoms with Gasteiger partial charge in [-0.1, -0.05) is 0 Å². The molecule has 0 unspecified atom stereocenters. The summed E-state index contributed by atoms with van der Waals surface area (Å²) < 4.78 is 0.939. The monoisotopic (exact) mass is 157 g/mol. The van der Waals surface area contributed by atoms with E-state index in [1.54, 1.807) is 0 Å². The third kappa shape index (κ3) is 1.37. The summed E-state index contributed by atoms with van der Waals surface area (Å²) in [6.07, 6.45) is -0.277.